The molecule has 0 bridgehead atoms. The molecule has 0 aliphatic carbocycles. The van der Waals surface area contributed by atoms with Gasteiger partial charge in [0.25, 0.3) is 0 Å². The Bertz CT molecular complexity index is 174. The zero-order valence-corrected chi connectivity index (χ0v) is 9.18. The number of hydrogen-bond acceptors (Lipinski definition) is 2. The molecule has 0 aromatic rings. The van der Waals surface area contributed by atoms with Crippen molar-refractivity contribution in [2.75, 3.05) is 19.6 Å². The van der Waals surface area contributed by atoms with Crippen LogP contribution in [0, 0.1) is 5.92 Å². The molecule has 1 fully saturated rings. The van der Waals surface area contributed by atoms with Gasteiger partial charge in [0.05, 0.1) is 6.54 Å². The molecule has 0 N–H and O–H groups in total. The largest absolute Gasteiger partial charge is 0.298 e. The van der Waals surface area contributed by atoms with E-state index in [1.807, 2.05) is 13.8 Å². The van der Waals surface area contributed by atoms with Crippen molar-refractivity contribution in [2.45, 2.75) is 32.1 Å². The second-order valence-electron chi connectivity index (χ2n) is 4.07. The molecule has 76 valence electrons. The number of Topliss-reactive ketones (excluding diaryl/α,β-unsaturated/α-hetero) is 1. The number of halogens is 1. The van der Waals surface area contributed by atoms with Crippen molar-refractivity contribution in [3.8, 4) is 0 Å². The van der Waals surface area contributed by atoms with Crippen LogP contribution in [0.2, 0.25) is 0 Å². The molecule has 0 aromatic carbocycles. The first-order chi connectivity index (χ1) is 6.09. The van der Waals surface area contributed by atoms with Gasteiger partial charge in [-0.3, -0.25) is 9.69 Å². The van der Waals surface area contributed by atoms with Crippen molar-refractivity contribution in [2.24, 2.45) is 5.92 Å². The predicted molar refractivity (Wildman–Crippen MR) is 55.2 cm³/mol. The van der Waals surface area contributed by atoms with Gasteiger partial charge in [0.15, 0.2) is 0 Å². The van der Waals surface area contributed by atoms with E-state index in [2.05, 4.69) is 4.90 Å². The average molecular weight is 204 g/mol. The Morgan fingerprint density at radius 1 is 1.46 bits per heavy atom. The van der Waals surface area contributed by atoms with Crippen LogP contribution in [0.15, 0.2) is 0 Å². The average Bonchev–Trinajstić information content (AvgIpc) is 2.08. The van der Waals surface area contributed by atoms with Crippen LogP contribution >= 0.6 is 11.6 Å². The quantitative estimate of drug-likeness (QED) is 0.654. The molecule has 3 heteroatoms. The molecule has 13 heavy (non-hydrogen) atoms. The van der Waals surface area contributed by atoms with Crippen molar-refractivity contribution in [1.29, 1.82) is 0 Å². The van der Waals surface area contributed by atoms with E-state index >= 15 is 0 Å². The third-order valence-electron chi connectivity index (χ3n) is 2.54. The minimum atomic E-state index is 0.161. The summed E-state index contributed by atoms with van der Waals surface area (Å²) in [5.74, 6) is 0.502. The second kappa shape index (κ2) is 4.97. The van der Waals surface area contributed by atoms with Crippen molar-refractivity contribution in [3.05, 3.63) is 0 Å². The highest BCUT2D eigenvalue weighted by Crippen LogP contribution is 2.15. The standard InChI is InChI=1S/C10H18ClNO/c1-8(2)10(13)7-12-5-3-9(11)4-6-12/h8-9H,3-7H2,1-2H3. The van der Waals surface area contributed by atoms with Gasteiger partial charge in [0.1, 0.15) is 5.78 Å². The van der Waals surface area contributed by atoms with Crippen LogP contribution in [-0.4, -0.2) is 35.7 Å². The number of likely N-dealkylation sites (tertiary alicyclic amines) is 1. The number of carbonyl (C=O) groups is 1. The van der Waals surface area contributed by atoms with E-state index < -0.39 is 0 Å². The van der Waals surface area contributed by atoms with Gasteiger partial charge in [-0.25, -0.2) is 0 Å². The molecule has 0 saturated carbocycles. The van der Waals surface area contributed by atoms with Crippen LogP contribution < -0.4 is 0 Å². The highest BCUT2D eigenvalue weighted by Gasteiger charge is 2.19. The van der Waals surface area contributed by atoms with Crippen molar-refractivity contribution in [1.82, 2.24) is 4.90 Å². The fraction of sp³-hybridized carbons (Fsp3) is 0.900. The van der Waals surface area contributed by atoms with E-state index in [4.69, 9.17) is 11.6 Å². The minimum absolute atomic E-state index is 0.161. The van der Waals surface area contributed by atoms with Gasteiger partial charge in [-0.05, 0) is 12.8 Å². The molecule has 0 radical (unpaired) electrons. The number of hydrogen-bond donors (Lipinski definition) is 0. The van der Waals surface area contributed by atoms with Crippen LogP contribution in [0.25, 0.3) is 0 Å². The molecule has 1 aliphatic heterocycles. The highest BCUT2D eigenvalue weighted by atomic mass is 35.5. The molecule has 0 aromatic heterocycles. The predicted octanol–water partition coefficient (Wildman–Crippen LogP) is 1.91. The van der Waals surface area contributed by atoms with E-state index in [1.54, 1.807) is 0 Å². The molecule has 2 nitrogen and oxygen atoms in total. The normalized spacial score (nSPS) is 20.9. The molecule has 0 atom stereocenters. The van der Waals surface area contributed by atoms with E-state index in [0.29, 0.717) is 17.7 Å². The third-order valence-corrected chi connectivity index (χ3v) is 2.98. The van der Waals surface area contributed by atoms with E-state index in [-0.39, 0.29) is 5.92 Å². The van der Waals surface area contributed by atoms with E-state index in [0.717, 1.165) is 25.9 Å². The smallest absolute Gasteiger partial charge is 0.149 e. The Kier molecular flexibility index (Phi) is 4.20. The van der Waals surface area contributed by atoms with Gasteiger partial charge in [-0.1, -0.05) is 13.8 Å². The summed E-state index contributed by atoms with van der Waals surface area (Å²) in [6, 6.07) is 0. The Hall–Kier alpha value is -0.0800. The van der Waals surface area contributed by atoms with E-state index in [9.17, 15) is 4.79 Å². The number of carbonyl (C=O) groups excluding carboxylic acids is 1. The number of piperidine rings is 1. The zero-order chi connectivity index (χ0) is 9.84. The van der Waals surface area contributed by atoms with Gasteiger partial charge in [0.2, 0.25) is 0 Å². The fourth-order valence-electron chi connectivity index (χ4n) is 1.46. The summed E-state index contributed by atoms with van der Waals surface area (Å²) < 4.78 is 0. The summed E-state index contributed by atoms with van der Waals surface area (Å²) in [6.45, 7) is 6.48. The summed E-state index contributed by atoms with van der Waals surface area (Å²) in [6.07, 6.45) is 2.04. The first-order valence-electron chi connectivity index (χ1n) is 4.98. The maximum Gasteiger partial charge on any atom is 0.149 e. The van der Waals surface area contributed by atoms with Gasteiger partial charge >= 0.3 is 0 Å². The lowest BCUT2D eigenvalue weighted by molar-refractivity contribution is -0.123. The lowest BCUT2D eigenvalue weighted by atomic mass is 10.1. The highest BCUT2D eigenvalue weighted by molar-refractivity contribution is 6.20. The number of ketones is 1. The Balaban J connectivity index is 2.26. The topological polar surface area (TPSA) is 20.3 Å². The lowest BCUT2D eigenvalue weighted by Gasteiger charge is -2.28. The van der Waals surface area contributed by atoms with Crippen molar-refractivity contribution in [3.63, 3.8) is 0 Å². The third kappa shape index (κ3) is 3.65. The SMILES string of the molecule is CC(C)C(=O)CN1CCC(Cl)CC1. The molecule has 0 amide bonds. The van der Waals surface area contributed by atoms with Crippen LogP contribution in [0.1, 0.15) is 26.7 Å². The van der Waals surface area contributed by atoms with Crippen LogP contribution in [0.4, 0.5) is 0 Å². The molecule has 1 heterocycles. The lowest BCUT2D eigenvalue weighted by Crippen LogP contribution is -2.38. The maximum atomic E-state index is 11.4. The van der Waals surface area contributed by atoms with E-state index in [1.165, 1.54) is 0 Å². The molecule has 0 spiro atoms. The van der Waals surface area contributed by atoms with Gasteiger partial charge in [-0.15, -0.1) is 11.6 Å². The molecule has 1 aliphatic rings. The molecule has 0 unspecified atom stereocenters. The van der Waals surface area contributed by atoms with Crippen molar-refractivity contribution < 1.29 is 4.79 Å². The first kappa shape index (κ1) is 11.0. The summed E-state index contributed by atoms with van der Waals surface area (Å²) in [7, 11) is 0. The van der Waals surface area contributed by atoms with Gasteiger partial charge in [0, 0.05) is 24.4 Å². The number of nitrogens with zero attached hydrogens (tertiary/aromatic N) is 1. The minimum Gasteiger partial charge on any atom is -0.298 e. The summed E-state index contributed by atoms with van der Waals surface area (Å²) in [5.41, 5.74) is 0. The fourth-order valence-corrected chi connectivity index (χ4v) is 1.66. The monoisotopic (exact) mass is 203 g/mol. The van der Waals surface area contributed by atoms with Crippen LogP contribution in [-0.2, 0) is 4.79 Å². The zero-order valence-electron chi connectivity index (χ0n) is 8.42. The Labute approximate surface area is 85.2 Å². The van der Waals surface area contributed by atoms with Gasteiger partial charge < -0.3 is 0 Å². The van der Waals surface area contributed by atoms with Gasteiger partial charge in [-0.2, -0.15) is 0 Å². The second-order valence-corrected chi connectivity index (χ2v) is 4.69. The summed E-state index contributed by atoms with van der Waals surface area (Å²) in [4.78, 5) is 13.6. The summed E-state index contributed by atoms with van der Waals surface area (Å²) in [5, 5.41) is 0.324. The molecule has 1 rings (SSSR count). The summed E-state index contributed by atoms with van der Waals surface area (Å²) >= 11 is 5.97. The van der Waals surface area contributed by atoms with Crippen LogP contribution in [0.5, 0.6) is 0 Å². The first-order valence-corrected chi connectivity index (χ1v) is 5.42. The van der Waals surface area contributed by atoms with Crippen molar-refractivity contribution >= 4 is 17.4 Å². The molecular formula is C10H18ClNO. The molecular weight excluding hydrogens is 186 g/mol. The maximum absolute atomic E-state index is 11.4. The number of alkyl halides is 1. The Morgan fingerprint density at radius 2 is 2.00 bits per heavy atom. The molecule has 1 saturated heterocycles. The van der Waals surface area contributed by atoms with Crippen LogP contribution in [0.3, 0.4) is 0 Å². The number of rotatable bonds is 3. The Morgan fingerprint density at radius 3 is 2.46 bits per heavy atom.